The molecule has 1 fully saturated rings. The number of ether oxygens (including phenoxy) is 1. The molecule has 28 heavy (non-hydrogen) atoms. The third-order valence-electron chi connectivity index (χ3n) is 5.31. The van der Waals surface area contributed by atoms with Crippen molar-refractivity contribution in [1.82, 2.24) is 29.7 Å². The van der Waals surface area contributed by atoms with Gasteiger partial charge in [0, 0.05) is 57.0 Å². The van der Waals surface area contributed by atoms with Crippen LogP contribution in [0.4, 0.5) is 0 Å². The Balaban J connectivity index is 1.25. The Morgan fingerprint density at radius 2 is 2.25 bits per heavy atom. The van der Waals surface area contributed by atoms with E-state index in [1.165, 1.54) is 12.0 Å². The van der Waals surface area contributed by atoms with Gasteiger partial charge >= 0.3 is 0 Å². The molecule has 0 unspecified atom stereocenters. The summed E-state index contributed by atoms with van der Waals surface area (Å²) in [5, 5.41) is 13.1. The quantitative estimate of drug-likeness (QED) is 0.664. The van der Waals surface area contributed by atoms with Crippen molar-refractivity contribution in [2.75, 3.05) is 32.8 Å². The van der Waals surface area contributed by atoms with E-state index in [0.717, 1.165) is 50.5 Å². The van der Waals surface area contributed by atoms with E-state index in [9.17, 15) is 9.90 Å². The number of imidazole rings is 1. The molecule has 2 N–H and O–H groups in total. The number of carbonyl (C=O) groups is 1. The Kier molecular flexibility index (Phi) is 5.65. The van der Waals surface area contributed by atoms with Crippen LogP contribution >= 0.6 is 0 Å². The zero-order valence-corrected chi connectivity index (χ0v) is 16.0. The number of aliphatic hydroxyl groups is 1. The van der Waals surface area contributed by atoms with Crippen LogP contribution in [-0.2, 0) is 31.2 Å². The molecular weight excluding hydrogens is 360 g/mol. The maximum atomic E-state index is 12.4. The summed E-state index contributed by atoms with van der Waals surface area (Å²) < 4.78 is 7.23. The average Bonchev–Trinajstić information content (AvgIpc) is 3.03. The molecule has 2 aliphatic heterocycles. The summed E-state index contributed by atoms with van der Waals surface area (Å²) >= 11 is 0. The maximum Gasteiger partial charge on any atom is 0.270 e. The fraction of sp³-hybridized carbons (Fsp3) is 0.579. The second-order valence-corrected chi connectivity index (χ2v) is 7.60. The summed E-state index contributed by atoms with van der Waals surface area (Å²) in [7, 11) is 2.00. The monoisotopic (exact) mass is 386 g/mol. The number of fused-ring (bicyclic) bond motifs is 1. The lowest BCUT2D eigenvalue weighted by Gasteiger charge is -2.28. The Bertz CT molecular complexity index is 835. The topological polar surface area (TPSA) is 105 Å². The molecule has 0 radical (unpaired) electrons. The summed E-state index contributed by atoms with van der Waals surface area (Å²) in [5.74, 6) is 0.176. The SMILES string of the molecule is Cn1cnc2c1CCN(C[C@@H](O)CNC(=O)c1cc(CC3COC3)ncn1)C2. The van der Waals surface area contributed by atoms with Crippen LogP contribution in [0.2, 0.25) is 0 Å². The van der Waals surface area contributed by atoms with Crippen LogP contribution < -0.4 is 5.32 Å². The number of rotatable bonds is 7. The van der Waals surface area contributed by atoms with Crippen LogP contribution in [0.3, 0.4) is 0 Å². The first-order valence-corrected chi connectivity index (χ1v) is 9.65. The second kappa shape index (κ2) is 8.34. The Morgan fingerprint density at radius 1 is 1.39 bits per heavy atom. The van der Waals surface area contributed by atoms with Gasteiger partial charge in [-0.2, -0.15) is 0 Å². The van der Waals surface area contributed by atoms with Crippen molar-refractivity contribution >= 4 is 5.91 Å². The normalized spacial score (nSPS) is 18.4. The first-order valence-electron chi connectivity index (χ1n) is 9.65. The van der Waals surface area contributed by atoms with Gasteiger partial charge in [-0.1, -0.05) is 0 Å². The summed E-state index contributed by atoms with van der Waals surface area (Å²) in [5.41, 5.74) is 3.49. The van der Waals surface area contributed by atoms with Gasteiger partial charge in [0.15, 0.2) is 0 Å². The van der Waals surface area contributed by atoms with Gasteiger partial charge in [-0.25, -0.2) is 15.0 Å². The fourth-order valence-corrected chi connectivity index (χ4v) is 3.66. The smallest absolute Gasteiger partial charge is 0.270 e. The number of amides is 1. The van der Waals surface area contributed by atoms with Gasteiger partial charge in [0.1, 0.15) is 12.0 Å². The summed E-state index contributed by atoms with van der Waals surface area (Å²) in [6.45, 7) is 3.76. The largest absolute Gasteiger partial charge is 0.390 e. The maximum absolute atomic E-state index is 12.4. The van der Waals surface area contributed by atoms with E-state index >= 15 is 0 Å². The molecule has 0 bridgehead atoms. The van der Waals surface area contributed by atoms with Gasteiger partial charge in [0.2, 0.25) is 0 Å². The van der Waals surface area contributed by atoms with Crippen molar-refractivity contribution in [2.24, 2.45) is 13.0 Å². The van der Waals surface area contributed by atoms with E-state index in [2.05, 4.69) is 29.7 Å². The van der Waals surface area contributed by atoms with Gasteiger partial charge in [0.25, 0.3) is 5.91 Å². The van der Waals surface area contributed by atoms with Crippen molar-refractivity contribution < 1.29 is 14.6 Å². The molecule has 2 aromatic rings. The number of nitrogens with one attached hydrogen (secondary N) is 1. The molecule has 0 aromatic carbocycles. The molecule has 9 heteroatoms. The Labute approximate surface area is 163 Å². The van der Waals surface area contributed by atoms with E-state index in [-0.39, 0.29) is 12.5 Å². The lowest BCUT2D eigenvalue weighted by molar-refractivity contribution is -0.0316. The predicted molar refractivity (Wildman–Crippen MR) is 101 cm³/mol. The van der Waals surface area contributed by atoms with E-state index in [1.54, 1.807) is 6.07 Å². The van der Waals surface area contributed by atoms with Crippen LogP contribution in [0.5, 0.6) is 0 Å². The highest BCUT2D eigenvalue weighted by atomic mass is 16.5. The molecule has 4 rings (SSSR count). The lowest BCUT2D eigenvalue weighted by atomic mass is 10.0. The lowest BCUT2D eigenvalue weighted by Crippen LogP contribution is -2.42. The number of carbonyl (C=O) groups excluding carboxylic acids is 1. The van der Waals surface area contributed by atoms with E-state index in [4.69, 9.17) is 4.74 Å². The van der Waals surface area contributed by atoms with E-state index < -0.39 is 6.10 Å². The number of hydrogen-bond acceptors (Lipinski definition) is 7. The van der Waals surface area contributed by atoms with Crippen LogP contribution in [0.15, 0.2) is 18.7 Å². The van der Waals surface area contributed by atoms with Crippen LogP contribution in [0.25, 0.3) is 0 Å². The second-order valence-electron chi connectivity index (χ2n) is 7.60. The number of aryl methyl sites for hydroxylation is 1. The third-order valence-corrected chi connectivity index (χ3v) is 5.31. The number of β-amino-alcohol motifs (C(OH)–C–C–N with tert-alkyl or cyclic N) is 1. The zero-order chi connectivity index (χ0) is 19.5. The van der Waals surface area contributed by atoms with E-state index in [0.29, 0.717) is 18.2 Å². The first-order chi connectivity index (χ1) is 13.6. The van der Waals surface area contributed by atoms with Gasteiger partial charge < -0.3 is 19.7 Å². The van der Waals surface area contributed by atoms with Crippen molar-refractivity contribution in [3.05, 3.63) is 41.5 Å². The summed E-state index contributed by atoms with van der Waals surface area (Å²) in [6, 6.07) is 1.72. The number of hydrogen-bond donors (Lipinski definition) is 2. The van der Waals surface area contributed by atoms with Crippen molar-refractivity contribution in [3.8, 4) is 0 Å². The summed E-state index contributed by atoms with van der Waals surface area (Å²) in [6.07, 6.45) is 4.30. The molecule has 1 saturated heterocycles. The fourth-order valence-electron chi connectivity index (χ4n) is 3.66. The zero-order valence-electron chi connectivity index (χ0n) is 16.0. The Morgan fingerprint density at radius 3 is 3.04 bits per heavy atom. The van der Waals surface area contributed by atoms with Crippen molar-refractivity contribution in [2.45, 2.75) is 25.5 Å². The minimum atomic E-state index is -0.650. The molecular formula is C19H26N6O3. The molecule has 0 aliphatic carbocycles. The average molecular weight is 386 g/mol. The molecule has 1 amide bonds. The minimum Gasteiger partial charge on any atom is -0.390 e. The van der Waals surface area contributed by atoms with Gasteiger partial charge in [0.05, 0.1) is 31.3 Å². The van der Waals surface area contributed by atoms with Crippen molar-refractivity contribution in [3.63, 3.8) is 0 Å². The summed E-state index contributed by atoms with van der Waals surface area (Å²) in [4.78, 5) is 27.2. The van der Waals surface area contributed by atoms with Gasteiger partial charge in [-0.05, 0) is 12.5 Å². The van der Waals surface area contributed by atoms with Gasteiger partial charge in [-0.3, -0.25) is 9.69 Å². The van der Waals surface area contributed by atoms with Crippen LogP contribution in [-0.4, -0.2) is 74.4 Å². The highest BCUT2D eigenvalue weighted by Crippen LogP contribution is 2.17. The molecule has 150 valence electrons. The number of nitrogens with zero attached hydrogens (tertiary/aromatic N) is 5. The highest BCUT2D eigenvalue weighted by Gasteiger charge is 2.23. The molecule has 2 aromatic heterocycles. The molecule has 2 aliphatic rings. The molecule has 0 spiro atoms. The minimum absolute atomic E-state index is 0.181. The molecule has 1 atom stereocenters. The number of aromatic nitrogens is 4. The third kappa shape index (κ3) is 4.37. The van der Waals surface area contributed by atoms with Gasteiger partial charge in [-0.15, -0.1) is 0 Å². The predicted octanol–water partition coefficient (Wildman–Crippen LogP) is -0.452. The van der Waals surface area contributed by atoms with Crippen LogP contribution in [0, 0.1) is 5.92 Å². The van der Waals surface area contributed by atoms with Crippen molar-refractivity contribution in [1.29, 1.82) is 0 Å². The molecule has 9 nitrogen and oxygen atoms in total. The van der Waals surface area contributed by atoms with Crippen LogP contribution in [0.1, 0.15) is 27.6 Å². The standard InChI is InChI=1S/C19H26N6O3/c1-24-12-23-17-8-25(3-2-18(17)24)7-15(26)6-20-19(27)16-5-14(21-11-22-16)4-13-9-28-10-13/h5,11-13,15,26H,2-4,6-10H2,1H3,(H,20,27)/t15-/m0/s1. The number of aliphatic hydroxyl groups excluding tert-OH is 1. The van der Waals surface area contributed by atoms with E-state index in [1.807, 2.05) is 13.4 Å². The highest BCUT2D eigenvalue weighted by molar-refractivity contribution is 5.92. The molecule has 4 heterocycles. The Hall–Kier alpha value is -2.36. The first kappa shape index (κ1) is 19.0. The molecule has 0 saturated carbocycles.